The van der Waals surface area contributed by atoms with Crippen LogP contribution in [0.25, 0.3) is 33.7 Å². The minimum absolute atomic E-state index is 0.112. The molecular formula is C39H27IN2. The van der Waals surface area contributed by atoms with Gasteiger partial charge in [-0.25, -0.2) is 4.98 Å². The zero-order valence-electron chi connectivity index (χ0n) is 22.9. The SMILES string of the molecule is C=C1/C=C\C=C(\c2cccc(-c3nc4ccccc4n3-c3ccccc3)c2)C2c3ccccc3C1c1c(I)cccc12. The number of imidazole rings is 1. The molecule has 2 unspecified atom stereocenters. The second kappa shape index (κ2) is 10.1. The van der Waals surface area contributed by atoms with Crippen molar-refractivity contribution < 1.29 is 0 Å². The molecule has 1 heterocycles. The monoisotopic (exact) mass is 650 g/mol. The first-order valence-corrected chi connectivity index (χ1v) is 15.3. The van der Waals surface area contributed by atoms with Crippen LogP contribution in [0.4, 0.5) is 0 Å². The maximum atomic E-state index is 5.15. The van der Waals surface area contributed by atoms with Gasteiger partial charge in [-0.2, -0.15) is 0 Å². The fraction of sp³-hybridized carbons (Fsp3) is 0.0513. The van der Waals surface area contributed by atoms with Gasteiger partial charge in [0.05, 0.1) is 11.0 Å². The Bertz CT molecular complexity index is 2080. The molecule has 0 fully saturated rings. The third-order valence-electron chi connectivity index (χ3n) is 8.60. The molecular weight excluding hydrogens is 623 g/mol. The molecule has 0 N–H and O–H groups in total. The molecule has 0 saturated heterocycles. The quantitative estimate of drug-likeness (QED) is 0.174. The van der Waals surface area contributed by atoms with Gasteiger partial charge in [0.2, 0.25) is 0 Å². The molecule has 42 heavy (non-hydrogen) atoms. The predicted octanol–water partition coefficient (Wildman–Crippen LogP) is 10.1. The van der Waals surface area contributed by atoms with Crippen molar-refractivity contribution in [1.29, 1.82) is 0 Å². The van der Waals surface area contributed by atoms with E-state index in [1.807, 2.05) is 0 Å². The van der Waals surface area contributed by atoms with Gasteiger partial charge in [0.25, 0.3) is 0 Å². The lowest BCUT2D eigenvalue weighted by Gasteiger charge is -2.36. The summed E-state index contributed by atoms with van der Waals surface area (Å²) in [6.07, 6.45) is 6.68. The standard InChI is InChI=1S/C39H27IN2/c1-25-12-9-19-29(37-31-18-6-5-17-30(31)36(25)38-32(37)20-11-21-33(38)40)26-13-10-14-27(24-26)39-41-34-22-7-8-23-35(34)42(39)28-15-3-2-4-16-28/h2-24,36-37H,1H2/b12-9-,29-19-. The predicted molar refractivity (Wildman–Crippen MR) is 182 cm³/mol. The van der Waals surface area contributed by atoms with Crippen molar-refractivity contribution in [3.63, 3.8) is 0 Å². The summed E-state index contributed by atoms with van der Waals surface area (Å²) < 4.78 is 3.56. The first-order valence-electron chi connectivity index (χ1n) is 14.3. The summed E-state index contributed by atoms with van der Waals surface area (Å²) in [5, 5.41) is 0. The van der Waals surface area contributed by atoms with Crippen molar-refractivity contribution in [2.45, 2.75) is 11.8 Å². The van der Waals surface area contributed by atoms with E-state index in [0.717, 1.165) is 33.7 Å². The summed E-state index contributed by atoms with van der Waals surface area (Å²) in [7, 11) is 0. The van der Waals surface area contributed by atoms with E-state index in [4.69, 9.17) is 4.98 Å². The van der Waals surface area contributed by atoms with E-state index in [0.29, 0.717) is 0 Å². The molecule has 8 rings (SSSR count). The Hall–Kier alpha value is -4.48. The minimum atomic E-state index is 0.112. The van der Waals surface area contributed by atoms with E-state index in [1.54, 1.807) is 0 Å². The van der Waals surface area contributed by atoms with Crippen molar-refractivity contribution in [3.05, 3.63) is 183 Å². The van der Waals surface area contributed by atoms with Gasteiger partial charge in [0, 0.05) is 26.7 Å². The lowest BCUT2D eigenvalue weighted by molar-refractivity contribution is 0.844. The number of aromatic nitrogens is 2. The van der Waals surface area contributed by atoms with Crippen molar-refractivity contribution >= 4 is 39.2 Å². The number of hydrogen-bond donors (Lipinski definition) is 0. The average Bonchev–Trinajstić information content (AvgIpc) is 3.46. The summed E-state index contributed by atoms with van der Waals surface area (Å²) in [6, 6.07) is 43.5. The Balaban J connectivity index is 1.36. The molecule has 2 aliphatic rings. The number of nitrogens with zero attached hydrogens (tertiary/aromatic N) is 2. The minimum Gasteiger partial charge on any atom is -0.292 e. The van der Waals surface area contributed by atoms with E-state index in [1.165, 1.54) is 37.0 Å². The lowest BCUT2D eigenvalue weighted by atomic mass is 9.68. The molecule has 0 saturated carbocycles. The van der Waals surface area contributed by atoms with Gasteiger partial charge in [-0.1, -0.05) is 110 Å². The second-order valence-electron chi connectivity index (χ2n) is 11.0. The third-order valence-corrected chi connectivity index (χ3v) is 9.54. The molecule has 0 amide bonds. The lowest BCUT2D eigenvalue weighted by Crippen LogP contribution is -2.21. The highest BCUT2D eigenvalue weighted by molar-refractivity contribution is 14.1. The fourth-order valence-corrected chi connectivity index (χ4v) is 7.65. The van der Waals surface area contributed by atoms with Gasteiger partial charge in [0.1, 0.15) is 5.82 Å². The molecule has 2 bridgehead atoms. The second-order valence-corrected chi connectivity index (χ2v) is 12.1. The van der Waals surface area contributed by atoms with Crippen LogP contribution in [0, 0.1) is 3.57 Å². The first-order chi connectivity index (χ1) is 20.7. The van der Waals surface area contributed by atoms with Crippen molar-refractivity contribution in [2.75, 3.05) is 0 Å². The van der Waals surface area contributed by atoms with Crippen LogP contribution < -0.4 is 0 Å². The normalized spacial score (nSPS) is 19.3. The molecule has 3 heteroatoms. The zero-order chi connectivity index (χ0) is 28.2. The Morgan fingerprint density at radius 3 is 2.21 bits per heavy atom. The molecule has 6 aromatic rings. The molecule has 0 spiro atoms. The average molecular weight is 651 g/mol. The van der Waals surface area contributed by atoms with Crippen LogP contribution in [0.2, 0.25) is 0 Å². The number of fused-ring (bicyclic) bond motifs is 4. The van der Waals surface area contributed by atoms with Gasteiger partial charge in [0.15, 0.2) is 0 Å². The topological polar surface area (TPSA) is 17.8 Å². The maximum absolute atomic E-state index is 5.15. The number of para-hydroxylation sites is 3. The molecule has 200 valence electrons. The van der Waals surface area contributed by atoms with Crippen LogP contribution in [0.5, 0.6) is 0 Å². The molecule has 0 aliphatic heterocycles. The number of hydrogen-bond acceptors (Lipinski definition) is 1. The van der Waals surface area contributed by atoms with Gasteiger partial charge in [-0.05, 0) is 98.0 Å². The van der Waals surface area contributed by atoms with Gasteiger partial charge >= 0.3 is 0 Å². The smallest absolute Gasteiger partial charge is 0.145 e. The van der Waals surface area contributed by atoms with Crippen LogP contribution in [-0.2, 0) is 0 Å². The van der Waals surface area contributed by atoms with Crippen LogP contribution in [-0.4, -0.2) is 9.55 Å². The number of rotatable bonds is 3. The molecule has 1 aromatic heterocycles. The fourth-order valence-electron chi connectivity index (χ4n) is 6.82. The van der Waals surface area contributed by atoms with Crippen LogP contribution in [0.1, 0.15) is 39.7 Å². The van der Waals surface area contributed by atoms with Gasteiger partial charge in [-0.3, -0.25) is 4.57 Å². The van der Waals surface area contributed by atoms with Gasteiger partial charge in [-0.15, -0.1) is 0 Å². The largest absolute Gasteiger partial charge is 0.292 e. The summed E-state index contributed by atoms with van der Waals surface area (Å²) in [5.41, 5.74) is 13.3. The van der Waals surface area contributed by atoms with E-state index in [9.17, 15) is 0 Å². The van der Waals surface area contributed by atoms with Crippen LogP contribution in [0.3, 0.4) is 0 Å². The molecule has 5 aromatic carbocycles. The van der Waals surface area contributed by atoms with Crippen molar-refractivity contribution in [2.24, 2.45) is 0 Å². The Morgan fingerprint density at radius 1 is 0.667 bits per heavy atom. The highest BCUT2D eigenvalue weighted by Gasteiger charge is 2.36. The molecule has 0 radical (unpaired) electrons. The van der Waals surface area contributed by atoms with Crippen molar-refractivity contribution in [3.8, 4) is 17.1 Å². The van der Waals surface area contributed by atoms with E-state index in [-0.39, 0.29) is 11.8 Å². The maximum Gasteiger partial charge on any atom is 0.145 e. The van der Waals surface area contributed by atoms with Gasteiger partial charge < -0.3 is 0 Å². The molecule has 2 aliphatic carbocycles. The van der Waals surface area contributed by atoms with E-state index < -0.39 is 0 Å². The summed E-state index contributed by atoms with van der Waals surface area (Å²) in [6.45, 7) is 4.55. The Morgan fingerprint density at radius 2 is 1.36 bits per heavy atom. The number of allylic oxidation sites excluding steroid dienone is 5. The summed E-state index contributed by atoms with van der Waals surface area (Å²) in [5.74, 6) is 1.21. The summed E-state index contributed by atoms with van der Waals surface area (Å²) >= 11 is 2.51. The van der Waals surface area contributed by atoms with Crippen molar-refractivity contribution in [1.82, 2.24) is 9.55 Å². The number of halogens is 1. The Labute approximate surface area is 259 Å². The van der Waals surface area contributed by atoms with Crippen LogP contribution in [0.15, 0.2) is 152 Å². The first kappa shape index (κ1) is 25.2. The Kier molecular flexibility index (Phi) is 6.08. The highest BCUT2D eigenvalue weighted by Crippen LogP contribution is 2.53. The van der Waals surface area contributed by atoms with E-state index >= 15 is 0 Å². The summed E-state index contributed by atoms with van der Waals surface area (Å²) in [4.78, 5) is 5.15. The molecule has 2 nitrogen and oxygen atoms in total. The molecule has 2 atom stereocenters. The third kappa shape index (κ3) is 3.95. The zero-order valence-corrected chi connectivity index (χ0v) is 25.1. The number of benzene rings is 5. The van der Waals surface area contributed by atoms with E-state index in [2.05, 4.69) is 173 Å². The van der Waals surface area contributed by atoms with Crippen LogP contribution >= 0.6 is 22.6 Å². The highest BCUT2D eigenvalue weighted by atomic mass is 127.